The molecule has 10 heteroatoms. The molecule has 0 spiro atoms. The van der Waals surface area contributed by atoms with E-state index >= 15 is 0 Å². The van der Waals surface area contributed by atoms with Gasteiger partial charge in [0.2, 0.25) is 5.91 Å². The van der Waals surface area contributed by atoms with E-state index in [0.717, 1.165) is 16.8 Å². The van der Waals surface area contributed by atoms with E-state index in [4.69, 9.17) is 11.6 Å². The van der Waals surface area contributed by atoms with E-state index < -0.39 is 6.04 Å². The molecule has 1 aliphatic rings. The summed E-state index contributed by atoms with van der Waals surface area (Å²) >= 11 is 6.21. The summed E-state index contributed by atoms with van der Waals surface area (Å²) in [5, 5.41) is 11.8. The van der Waals surface area contributed by atoms with Crippen LogP contribution >= 0.6 is 11.6 Å². The Morgan fingerprint density at radius 3 is 2.66 bits per heavy atom. The highest BCUT2D eigenvalue weighted by atomic mass is 35.5. The van der Waals surface area contributed by atoms with Crippen molar-refractivity contribution in [2.75, 3.05) is 6.54 Å². The predicted molar refractivity (Wildman–Crippen MR) is 141 cm³/mol. The minimum atomic E-state index is -0.782. The van der Waals surface area contributed by atoms with Crippen LogP contribution in [-0.4, -0.2) is 54.1 Å². The van der Waals surface area contributed by atoms with E-state index in [1.807, 2.05) is 6.07 Å². The number of hydrogen-bond acceptors (Lipinski definition) is 7. The quantitative estimate of drug-likeness (QED) is 0.265. The fourth-order valence-electron chi connectivity index (χ4n) is 4.57. The van der Waals surface area contributed by atoms with Gasteiger partial charge in [-0.25, -0.2) is 0 Å². The number of Topliss-reactive ketones (excluding diaryl/α,β-unsaturated/α-hetero) is 2. The number of halogens is 1. The normalized spacial score (nSPS) is 14.9. The first-order valence-corrected chi connectivity index (χ1v) is 12.4. The molecular weight excluding hydrogens is 504 g/mol. The van der Waals surface area contributed by atoms with Crippen LogP contribution in [0.25, 0.3) is 11.8 Å². The third-order valence-corrected chi connectivity index (χ3v) is 6.67. The molecule has 1 aliphatic heterocycles. The molecule has 0 bridgehead atoms. The molecule has 2 aromatic carbocycles. The molecule has 2 aromatic heterocycles. The van der Waals surface area contributed by atoms with Crippen LogP contribution in [0.4, 0.5) is 0 Å². The van der Waals surface area contributed by atoms with Crippen molar-refractivity contribution in [3.05, 3.63) is 106 Å². The van der Waals surface area contributed by atoms with Gasteiger partial charge in [0, 0.05) is 59.1 Å². The van der Waals surface area contributed by atoms with Crippen LogP contribution in [-0.2, 0) is 22.4 Å². The van der Waals surface area contributed by atoms with Crippen molar-refractivity contribution >= 4 is 35.2 Å². The summed E-state index contributed by atoms with van der Waals surface area (Å²) in [7, 11) is 0. The second-order valence-corrected chi connectivity index (χ2v) is 9.35. The molecule has 0 saturated carbocycles. The topological polar surface area (TPSA) is 111 Å². The minimum Gasteiger partial charge on any atom is -0.325 e. The number of ketones is 2. The molecule has 1 amide bonds. The van der Waals surface area contributed by atoms with Crippen molar-refractivity contribution in [3.63, 3.8) is 0 Å². The predicted octanol–water partition coefficient (Wildman–Crippen LogP) is 3.86. The first kappa shape index (κ1) is 25.2. The van der Waals surface area contributed by atoms with Crippen molar-refractivity contribution < 1.29 is 14.4 Å². The Bertz CT molecular complexity index is 1530. The largest absolute Gasteiger partial charge is 0.325 e. The summed E-state index contributed by atoms with van der Waals surface area (Å²) < 4.78 is 1.48. The summed E-state index contributed by atoms with van der Waals surface area (Å²) in [5.74, 6) is -0.484. The lowest BCUT2D eigenvalue weighted by molar-refractivity contribution is -0.136. The van der Waals surface area contributed by atoms with Crippen LogP contribution in [0.2, 0.25) is 5.02 Å². The number of amides is 1. The lowest BCUT2D eigenvalue weighted by atomic mass is 9.90. The molecule has 38 heavy (non-hydrogen) atoms. The van der Waals surface area contributed by atoms with Crippen LogP contribution in [0, 0.1) is 0 Å². The van der Waals surface area contributed by atoms with Gasteiger partial charge in [0.25, 0.3) is 0 Å². The van der Waals surface area contributed by atoms with E-state index in [1.165, 1.54) is 24.0 Å². The Morgan fingerprint density at radius 1 is 1.11 bits per heavy atom. The number of pyridine rings is 1. The van der Waals surface area contributed by atoms with Gasteiger partial charge in [0.15, 0.2) is 11.6 Å². The smallest absolute Gasteiger partial charge is 0.247 e. The van der Waals surface area contributed by atoms with Gasteiger partial charge in [-0.2, -0.15) is 4.68 Å². The third-order valence-electron chi connectivity index (χ3n) is 6.44. The number of benzene rings is 2. The molecule has 9 nitrogen and oxygen atoms in total. The maximum absolute atomic E-state index is 13.6. The fourth-order valence-corrected chi connectivity index (χ4v) is 4.75. The van der Waals surface area contributed by atoms with Gasteiger partial charge in [-0.05, 0) is 53.3 Å². The molecule has 1 atom stereocenters. The van der Waals surface area contributed by atoms with Crippen molar-refractivity contribution in [1.29, 1.82) is 0 Å². The fraction of sp³-hybridized carbons (Fsp3) is 0.179. The number of carbonyl (C=O) groups is 3. The summed E-state index contributed by atoms with van der Waals surface area (Å²) in [6.45, 7) is 1.85. The van der Waals surface area contributed by atoms with E-state index in [-0.39, 0.29) is 23.9 Å². The van der Waals surface area contributed by atoms with Crippen molar-refractivity contribution in [2.45, 2.75) is 25.8 Å². The average molecular weight is 527 g/mol. The zero-order chi connectivity index (χ0) is 26.6. The van der Waals surface area contributed by atoms with Gasteiger partial charge in [-0.3, -0.25) is 19.4 Å². The highest BCUT2D eigenvalue weighted by molar-refractivity contribution is 6.30. The highest BCUT2D eigenvalue weighted by Crippen LogP contribution is 2.31. The van der Waals surface area contributed by atoms with Gasteiger partial charge in [-0.1, -0.05) is 41.9 Å². The number of aromatic nitrogens is 5. The number of fused-ring (bicyclic) bond motifs is 1. The Kier molecular flexibility index (Phi) is 7.19. The van der Waals surface area contributed by atoms with Gasteiger partial charge < -0.3 is 4.90 Å². The molecule has 0 fully saturated rings. The zero-order valence-corrected chi connectivity index (χ0v) is 21.2. The number of rotatable bonds is 7. The first-order valence-electron chi connectivity index (χ1n) is 12.0. The van der Waals surface area contributed by atoms with Crippen LogP contribution in [0.15, 0.2) is 73.2 Å². The lowest BCUT2D eigenvalue weighted by Crippen LogP contribution is -2.43. The number of carbonyl (C=O) groups excluding carboxylic acids is 3. The monoisotopic (exact) mass is 526 g/mol. The second-order valence-electron chi connectivity index (χ2n) is 8.91. The molecule has 0 aliphatic carbocycles. The van der Waals surface area contributed by atoms with Gasteiger partial charge >= 0.3 is 0 Å². The molecular formula is C28H23ClN6O3. The van der Waals surface area contributed by atoms with E-state index in [2.05, 4.69) is 20.5 Å². The van der Waals surface area contributed by atoms with E-state index in [9.17, 15) is 14.4 Å². The van der Waals surface area contributed by atoms with Crippen molar-refractivity contribution in [1.82, 2.24) is 30.1 Å². The van der Waals surface area contributed by atoms with Crippen LogP contribution < -0.4 is 0 Å². The molecule has 190 valence electrons. The first-order chi connectivity index (χ1) is 18.4. The van der Waals surface area contributed by atoms with E-state index in [1.54, 1.807) is 65.7 Å². The van der Waals surface area contributed by atoms with Crippen molar-refractivity contribution in [3.8, 4) is 5.69 Å². The summed E-state index contributed by atoms with van der Waals surface area (Å²) in [6, 6.07) is 15.0. The molecule has 5 rings (SSSR count). The Labute approximate surface area is 223 Å². The number of nitrogens with zero attached hydrogens (tertiary/aromatic N) is 6. The summed E-state index contributed by atoms with van der Waals surface area (Å²) in [5.41, 5.74) is 4.18. The molecule has 3 heterocycles. The number of hydrogen-bond donors (Lipinski definition) is 0. The van der Waals surface area contributed by atoms with Crippen LogP contribution in [0.5, 0.6) is 0 Å². The molecule has 0 radical (unpaired) electrons. The third kappa shape index (κ3) is 5.28. The SMILES string of the molecule is CC(=O)c1ccc(CC(=O)C2c3cccnc3CCN2C(=O)/C=C/c2cc(Cl)ccc2-n2cnnn2)cc1. The lowest BCUT2D eigenvalue weighted by Gasteiger charge is -2.35. The van der Waals surface area contributed by atoms with Crippen LogP contribution in [0.3, 0.4) is 0 Å². The molecule has 0 N–H and O–H groups in total. The van der Waals surface area contributed by atoms with Gasteiger partial charge in [0.05, 0.1) is 5.69 Å². The van der Waals surface area contributed by atoms with E-state index in [0.29, 0.717) is 34.8 Å². The minimum absolute atomic E-state index is 0.0401. The zero-order valence-electron chi connectivity index (χ0n) is 20.5. The summed E-state index contributed by atoms with van der Waals surface area (Å²) in [4.78, 5) is 44.8. The van der Waals surface area contributed by atoms with Crippen molar-refractivity contribution in [2.24, 2.45) is 0 Å². The molecule has 4 aromatic rings. The maximum atomic E-state index is 13.6. The summed E-state index contributed by atoms with van der Waals surface area (Å²) in [6.07, 6.45) is 6.88. The Balaban J connectivity index is 1.43. The van der Waals surface area contributed by atoms with Gasteiger partial charge in [-0.15, -0.1) is 5.10 Å². The molecule has 0 saturated heterocycles. The standard InChI is InChI=1S/C28H23ClN6O3/c1-18(36)20-6-4-19(5-7-20)15-26(37)28-23-3-2-13-30-24(23)12-14-34(28)27(38)11-8-21-16-22(29)9-10-25(21)35-17-31-32-33-35/h2-11,13,16-17,28H,12,14-15H2,1H3/b11-8+. The maximum Gasteiger partial charge on any atom is 0.247 e. The highest BCUT2D eigenvalue weighted by Gasteiger charge is 2.35. The Morgan fingerprint density at radius 2 is 1.92 bits per heavy atom. The average Bonchev–Trinajstić information content (AvgIpc) is 3.46. The Hall–Kier alpha value is -4.50. The van der Waals surface area contributed by atoms with Gasteiger partial charge in [0.1, 0.15) is 12.4 Å². The molecule has 1 unspecified atom stereocenters. The number of tetrazole rings is 1. The van der Waals surface area contributed by atoms with Crippen LogP contribution in [0.1, 0.15) is 45.7 Å². The second kappa shape index (κ2) is 10.9.